The van der Waals surface area contributed by atoms with Gasteiger partial charge in [0.25, 0.3) is 0 Å². The van der Waals surface area contributed by atoms with Gasteiger partial charge in [-0.2, -0.15) is 0 Å². The van der Waals surface area contributed by atoms with Crippen molar-refractivity contribution in [3.8, 4) is 11.5 Å². The highest BCUT2D eigenvalue weighted by Crippen LogP contribution is 2.57. The number of fused-ring (bicyclic) bond motifs is 6. The smallest absolute Gasteiger partial charge is 0.235 e. The molecule has 0 saturated heterocycles. The maximum Gasteiger partial charge on any atom is 0.235 e. The monoisotopic (exact) mass is 1020 g/mol. The second-order valence-corrected chi connectivity index (χ2v) is 18.2. The zero-order valence-electron chi connectivity index (χ0n) is 38.8. The number of aliphatic hydroxyl groups excluding tert-OH is 5. The molecule has 2 amide bonds. The number of Topliss-reactive ketones (excluding diaryl/α,β-unsaturated/α-hetero) is 6. The number of primary amides is 2. The van der Waals surface area contributed by atoms with E-state index in [1.807, 2.05) is 0 Å². The van der Waals surface area contributed by atoms with Gasteiger partial charge < -0.3 is 62.9 Å². The Balaban J connectivity index is 0.000000337. The van der Waals surface area contributed by atoms with Gasteiger partial charge in [0.1, 0.15) is 23.0 Å². The van der Waals surface area contributed by atoms with Crippen LogP contribution in [0.3, 0.4) is 0 Å². The molecule has 2 aromatic carbocycles. The van der Waals surface area contributed by atoms with Crippen LogP contribution in [0.5, 0.6) is 11.5 Å². The summed E-state index contributed by atoms with van der Waals surface area (Å²) in [7, 11) is 5.81. The van der Waals surface area contributed by atoms with Crippen LogP contribution in [-0.4, -0.2) is 178 Å². The standard InChI is InChI=1S/2C22H24N2O8.C2H6O.2ClH.H2O/c2*1-7-8-5-4-6-9(25)11(8)16(26)12-10(7)17(27)14-15(24(2)3)18(28)13(21(23)31)20(30)22(14,32)19(12)29;1-2-3;;;/h2*4-7,10,13-15,17,25-27,32H,1-3H3,(H2,23,31);3H,2H2,1H3;2*1H;1H2/t2*7-,10+,13?,14+,15-,17-,22-;;;;/m00..../s1. The molecule has 22 nitrogen and oxygen atoms in total. The van der Waals surface area contributed by atoms with Gasteiger partial charge in [-0.3, -0.25) is 48.2 Å². The average Bonchev–Trinajstić information content (AvgIpc) is 3.23. The Kier molecular flexibility index (Phi) is 17.3. The van der Waals surface area contributed by atoms with Crippen molar-refractivity contribution in [1.29, 1.82) is 0 Å². The van der Waals surface area contributed by atoms with E-state index < -0.39 is 152 Å². The van der Waals surface area contributed by atoms with Crippen molar-refractivity contribution in [3.05, 3.63) is 69.8 Å². The van der Waals surface area contributed by atoms with Gasteiger partial charge in [-0.15, -0.1) is 24.8 Å². The Labute approximate surface area is 412 Å². The molecule has 24 heteroatoms. The first-order valence-corrected chi connectivity index (χ1v) is 21.2. The molecule has 70 heavy (non-hydrogen) atoms. The van der Waals surface area contributed by atoms with Crippen molar-refractivity contribution in [2.75, 3.05) is 34.8 Å². The number of aromatic hydroxyl groups is 2. The molecule has 6 aliphatic rings. The lowest BCUT2D eigenvalue weighted by Crippen LogP contribution is -2.75. The predicted octanol–water partition coefficient (Wildman–Crippen LogP) is -2.24. The number of rotatable bonds is 4. The number of halogens is 2. The van der Waals surface area contributed by atoms with Crippen LogP contribution in [0.1, 0.15) is 54.9 Å². The predicted molar refractivity (Wildman–Crippen MR) is 249 cm³/mol. The van der Waals surface area contributed by atoms with Crippen molar-refractivity contribution in [3.63, 3.8) is 0 Å². The van der Waals surface area contributed by atoms with Gasteiger partial charge in [0.15, 0.2) is 46.2 Å². The fourth-order valence-corrected chi connectivity index (χ4v) is 11.4. The molecule has 0 aromatic heterocycles. The minimum Gasteiger partial charge on any atom is -0.507 e. The van der Waals surface area contributed by atoms with Crippen LogP contribution in [-0.2, 0) is 38.4 Å². The highest BCUT2D eigenvalue weighted by atomic mass is 35.5. The second-order valence-electron chi connectivity index (χ2n) is 18.2. The van der Waals surface area contributed by atoms with Crippen LogP contribution in [0.4, 0.5) is 0 Å². The Hall–Kier alpha value is -5.66. The summed E-state index contributed by atoms with van der Waals surface area (Å²) in [5.74, 6) is -22.4. The Morgan fingerprint density at radius 1 is 0.614 bits per heavy atom. The maximum absolute atomic E-state index is 13.6. The molecular weight excluding hydrogens is 967 g/mol. The number of aliphatic hydroxyl groups is 7. The topological polar surface area (TPSA) is 409 Å². The number of benzene rings is 2. The molecule has 8 rings (SSSR count). The maximum atomic E-state index is 13.6. The molecule has 0 heterocycles. The number of hydrogen-bond acceptors (Lipinski definition) is 19. The van der Waals surface area contributed by atoms with E-state index in [1.165, 1.54) is 50.1 Å². The summed E-state index contributed by atoms with van der Waals surface area (Å²) in [5.41, 5.74) is 4.55. The number of carbonyl (C=O) groups is 8. The summed E-state index contributed by atoms with van der Waals surface area (Å²) in [6.07, 6.45) is -3.23. The van der Waals surface area contributed by atoms with Crippen LogP contribution in [0.15, 0.2) is 47.5 Å². The molecule has 6 aliphatic carbocycles. The fourth-order valence-electron chi connectivity index (χ4n) is 11.4. The molecule has 15 N–H and O–H groups in total. The van der Waals surface area contributed by atoms with Crippen molar-refractivity contribution in [1.82, 2.24) is 9.80 Å². The number of nitrogens with two attached hydrogens (primary N) is 2. The van der Waals surface area contributed by atoms with Gasteiger partial charge in [0, 0.05) is 29.6 Å². The molecule has 0 radical (unpaired) electrons. The van der Waals surface area contributed by atoms with Crippen LogP contribution < -0.4 is 11.5 Å². The highest BCUT2D eigenvalue weighted by molar-refractivity contribution is 6.34. The summed E-state index contributed by atoms with van der Waals surface area (Å²) >= 11 is 0. The Morgan fingerprint density at radius 2 is 0.900 bits per heavy atom. The number of nitrogens with zero attached hydrogens (tertiary/aromatic N) is 2. The summed E-state index contributed by atoms with van der Waals surface area (Å²) in [6.45, 7) is 5.26. The van der Waals surface area contributed by atoms with E-state index in [-0.39, 0.29) is 59.5 Å². The first-order valence-electron chi connectivity index (χ1n) is 21.2. The number of likely N-dealkylation sites (N-methyl/N-ethyl adjacent to an activating group) is 2. The highest BCUT2D eigenvalue weighted by Gasteiger charge is 2.73. The molecule has 14 atom stereocenters. The normalized spacial score (nSPS) is 33.7. The molecule has 4 fully saturated rings. The SMILES string of the molecule is CCO.C[C@H]1c2cccc(O)c2C(O)=C2C(=O)[C@]3(O)C(=O)C(C(N)=O)C(=O)[C@@H](N(C)C)[C@@H]3[C@@H](O)[C@@H]21.C[C@H]1c2cccc(O)c2C(O)=C2C(=O)[C@]3(O)C(=O)C(C(N)=O)C(=O)[C@@H](N(C)C)[C@@H]3[C@@H](O)[C@@H]21.Cl.Cl.O. The van der Waals surface area contributed by atoms with Crippen LogP contribution in [0.25, 0.3) is 11.5 Å². The second kappa shape index (κ2) is 20.6. The van der Waals surface area contributed by atoms with Crippen LogP contribution in [0.2, 0.25) is 0 Å². The molecule has 0 aliphatic heterocycles. The van der Waals surface area contributed by atoms with Crippen molar-refractivity contribution in [2.24, 2.45) is 47.0 Å². The molecule has 4 saturated carbocycles. The van der Waals surface area contributed by atoms with Gasteiger partial charge >= 0.3 is 0 Å². The van der Waals surface area contributed by atoms with Gasteiger partial charge in [-0.25, -0.2) is 0 Å². The number of hydrogen-bond donors (Lipinski definition) is 11. The zero-order valence-corrected chi connectivity index (χ0v) is 40.4. The van der Waals surface area contributed by atoms with E-state index in [1.54, 1.807) is 45.0 Å². The number of amides is 2. The Morgan fingerprint density at radius 3 is 1.16 bits per heavy atom. The minimum atomic E-state index is -2.97. The largest absolute Gasteiger partial charge is 0.507 e. The van der Waals surface area contributed by atoms with Crippen molar-refractivity contribution >= 4 is 82.8 Å². The molecule has 384 valence electrons. The van der Waals surface area contributed by atoms with E-state index in [2.05, 4.69) is 0 Å². The summed E-state index contributed by atoms with van der Waals surface area (Å²) in [5, 5.41) is 95.7. The summed E-state index contributed by atoms with van der Waals surface area (Å²) in [6, 6.07) is 6.21. The molecule has 2 unspecified atom stereocenters. The first kappa shape index (κ1) is 58.7. The van der Waals surface area contributed by atoms with Crippen molar-refractivity contribution in [2.45, 2.75) is 68.1 Å². The van der Waals surface area contributed by atoms with E-state index in [9.17, 15) is 79.2 Å². The molecule has 2 aromatic rings. The number of carbonyl (C=O) groups excluding carboxylic acids is 8. The van der Waals surface area contributed by atoms with Crippen LogP contribution >= 0.6 is 24.8 Å². The third-order valence-electron chi connectivity index (χ3n) is 14.3. The lowest BCUT2D eigenvalue weighted by atomic mass is 9.52. The lowest BCUT2D eigenvalue weighted by Gasteiger charge is -2.54. The average molecular weight is 1030 g/mol. The zero-order chi connectivity index (χ0) is 50.4. The molecule has 0 spiro atoms. The number of phenols is 2. The summed E-state index contributed by atoms with van der Waals surface area (Å²) in [4.78, 5) is 106. The van der Waals surface area contributed by atoms with Gasteiger partial charge in [-0.1, -0.05) is 38.1 Å². The lowest BCUT2D eigenvalue weighted by molar-refractivity contribution is -0.188. The Bertz CT molecular complexity index is 2430. The molecular formula is C46H58Cl2N4O18. The van der Waals surface area contributed by atoms with Gasteiger partial charge in [0.05, 0.1) is 47.3 Å². The summed E-state index contributed by atoms with van der Waals surface area (Å²) < 4.78 is 0. The van der Waals surface area contributed by atoms with E-state index >= 15 is 0 Å². The van der Waals surface area contributed by atoms with Gasteiger partial charge in [-0.05, 0) is 70.2 Å². The van der Waals surface area contributed by atoms with Gasteiger partial charge in [0.2, 0.25) is 23.4 Å². The molecule has 0 bridgehead atoms. The number of ketones is 6. The number of phenolic OH excluding ortho intramolecular Hbond substituents is 2. The van der Waals surface area contributed by atoms with E-state index in [4.69, 9.17) is 16.6 Å². The van der Waals surface area contributed by atoms with E-state index in [0.717, 1.165) is 0 Å². The van der Waals surface area contributed by atoms with Crippen LogP contribution in [0, 0.1) is 35.5 Å². The fraction of sp³-hybridized carbons (Fsp3) is 0.478. The quantitative estimate of drug-likeness (QED) is 0.144. The third kappa shape index (κ3) is 8.08. The van der Waals surface area contributed by atoms with Crippen molar-refractivity contribution < 1.29 is 89.8 Å². The third-order valence-corrected chi connectivity index (χ3v) is 14.3. The first-order chi connectivity index (χ1) is 31.1. The van der Waals surface area contributed by atoms with E-state index in [0.29, 0.717) is 11.1 Å². The minimum absolute atomic E-state index is 0.